The standard InChI is InChI=1S/C16H14N4O2S/c1-10-6-7-14(11(2)8-10)19-15(17-18-16(19)23)12-4-3-5-13(9-12)20(21)22/h3-9H,1-2H3,(H,18,23). The highest BCUT2D eigenvalue weighted by molar-refractivity contribution is 7.71. The van der Waals surface area contributed by atoms with Crippen LogP contribution in [-0.2, 0) is 0 Å². The molecule has 1 heterocycles. The van der Waals surface area contributed by atoms with Crippen molar-refractivity contribution in [2.45, 2.75) is 13.8 Å². The van der Waals surface area contributed by atoms with Gasteiger partial charge in [-0.15, -0.1) is 0 Å². The summed E-state index contributed by atoms with van der Waals surface area (Å²) in [6.45, 7) is 4.02. The van der Waals surface area contributed by atoms with Crippen LogP contribution < -0.4 is 0 Å². The number of aryl methyl sites for hydroxylation is 2. The van der Waals surface area contributed by atoms with E-state index < -0.39 is 4.92 Å². The summed E-state index contributed by atoms with van der Waals surface area (Å²) in [6, 6.07) is 12.4. The lowest BCUT2D eigenvalue weighted by atomic mass is 10.1. The number of nitro groups is 1. The first kappa shape index (κ1) is 15.1. The number of nitro benzene ring substituents is 1. The first-order valence-corrected chi connectivity index (χ1v) is 7.38. The highest BCUT2D eigenvalue weighted by Gasteiger charge is 2.15. The molecule has 3 rings (SSSR count). The molecule has 0 atom stereocenters. The largest absolute Gasteiger partial charge is 0.270 e. The van der Waals surface area contributed by atoms with Crippen LogP contribution in [0.5, 0.6) is 0 Å². The van der Waals surface area contributed by atoms with Gasteiger partial charge in [0.15, 0.2) is 10.6 Å². The third-order valence-corrected chi connectivity index (χ3v) is 3.85. The van der Waals surface area contributed by atoms with Crippen molar-refractivity contribution in [1.29, 1.82) is 0 Å². The van der Waals surface area contributed by atoms with E-state index in [0.29, 0.717) is 16.2 Å². The van der Waals surface area contributed by atoms with Gasteiger partial charge in [0.1, 0.15) is 0 Å². The van der Waals surface area contributed by atoms with E-state index in [1.807, 2.05) is 26.0 Å². The topological polar surface area (TPSA) is 76.8 Å². The minimum absolute atomic E-state index is 0.0172. The zero-order chi connectivity index (χ0) is 16.6. The molecule has 6 nitrogen and oxygen atoms in total. The zero-order valence-electron chi connectivity index (χ0n) is 12.6. The summed E-state index contributed by atoms with van der Waals surface area (Å²) in [5.41, 5.74) is 3.75. The minimum atomic E-state index is -0.424. The number of non-ortho nitro benzene ring substituents is 1. The Kier molecular flexibility index (Phi) is 3.79. The monoisotopic (exact) mass is 326 g/mol. The molecular formula is C16H14N4O2S. The van der Waals surface area contributed by atoms with Gasteiger partial charge in [-0.1, -0.05) is 29.8 Å². The molecule has 0 radical (unpaired) electrons. The minimum Gasteiger partial charge on any atom is -0.268 e. The lowest BCUT2D eigenvalue weighted by molar-refractivity contribution is -0.384. The first-order valence-electron chi connectivity index (χ1n) is 6.97. The van der Waals surface area contributed by atoms with Crippen molar-refractivity contribution in [3.05, 3.63) is 68.5 Å². The molecular weight excluding hydrogens is 312 g/mol. The van der Waals surface area contributed by atoms with Gasteiger partial charge in [0, 0.05) is 17.7 Å². The molecule has 0 saturated heterocycles. The molecule has 0 amide bonds. The fourth-order valence-corrected chi connectivity index (χ4v) is 2.76. The van der Waals surface area contributed by atoms with Gasteiger partial charge >= 0.3 is 0 Å². The molecule has 0 fully saturated rings. The summed E-state index contributed by atoms with van der Waals surface area (Å²) in [5, 5.41) is 18.0. The van der Waals surface area contributed by atoms with Gasteiger partial charge in [-0.3, -0.25) is 19.8 Å². The molecule has 23 heavy (non-hydrogen) atoms. The van der Waals surface area contributed by atoms with Crippen molar-refractivity contribution in [3.63, 3.8) is 0 Å². The summed E-state index contributed by atoms with van der Waals surface area (Å²) >= 11 is 5.34. The Morgan fingerprint density at radius 1 is 1.22 bits per heavy atom. The van der Waals surface area contributed by atoms with Gasteiger partial charge < -0.3 is 0 Å². The van der Waals surface area contributed by atoms with Crippen molar-refractivity contribution in [2.75, 3.05) is 0 Å². The summed E-state index contributed by atoms with van der Waals surface area (Å²) in [5.74, 6) is 0.547. The highest BCUT2D eigenvalue weighted by atomic mass is 32.1. The Labute approximate surface area is 137 Å². The maximum atomic E-state index is 11.0. The van der Waals surface area contributed by atoms with E-state index in [9.17, 15) is 10.1 Å². The normalized spacial score (nSPS) is 10.7. The lowest BCUT2D eigenvalue weighted by Crippen LogP contribution is -2.01. The first-order chi connectivity index (χ1) is 11.0. The second-order valence-electron chi connectivity index (χ2n) is 5.29. The van der Waals surface area contributed by atoms with Crippen LogP contribution in [0.2, 0.25) is 0 Å². The van der Waals surface area contributed by atoms with Gasteiger partial charge in [-0.05, 0) is 37.7 Å². The van der Waals surface area contributed by atoms with Crippen LogP contribution in [0.25, 0.3) is 17.1 Å². The third-order valence-electron chi connectivity index (χ3n) is 3.58. The van der Waals surface area contributed by atoms with Crippen LogP contribution in [0.3, 0.4) is 0 Å². The van der Waals surface area contributed by atoms with Gasteiger partial charge in [-0.2, -0.15) is 5.10 Å². The SMILES string of the molecule is Cc1ccc(-n2c(-c3cccc([N+](=O)[O-])c3)n[nH]c2=S)c(C)c1. The van der Waals surface area contributed by atoms with Crippen molar-refractivity contribution in [3.8, 4) is 17.1 Å². The van der Waals surface area contributed by atoms with Crippen molar-refractivity contribution in [1.82, 2.24) is 14.8 Å². The summed E-state index contributed by atoms with van der Waals surface area (Å²) in [6.07, 6.45) is 0. The number of aromatic amines is 1. The summed E-state index contributed by atoms with van der Waals surface area (Å²) in [4.78, 5) is 10.6. The summed E-state index contributed by atoms with van der Waals surface area (Å²) in [7, 11) is 0. The van der Waals surface area contributed by atoms with Crippen LogP contribution in [0.1, 0.15) is 11.1 Å². The molecule has 0 saturated carbocycles. The molecule has 116 valence electrons. The Balaban J connectivity index is 2.22. The quantitative estimate of drug-likeness (QED) is 0.446. The van der Waals surface area contributed by atoms with E-state index in [0.717, 1.165) is 16.8 Å². The van der Waals surface area contributed by atoms with Crippen LogP contribution >= 0.6 is 12.2 Å². The number of aromatic nitrogens is 3. The van der Waals surface area contributed by atoms with Crippen molar-refractivity contribution < 1.29 is 4.92 Å². The van der Waals surface area contributed by atoms with Crippen molar-refractivity contribution in [2.24, 2.45) is 0 Å². The smallest absolute Gasteiger partial charge is 0.268 e. The lowest BCUT2D eigenvalue weighted by Gasteiger charge is -2.10. The summed E-state index contributed by atoms with van der Waals surface area (Å²) < 4.78 is 2.24. The van der Waals surface area contributed by atoms with Crippen molar-refractivity contribution >= 4 is 17.9 Å². The second-order valence-corrected chi connectivity index (χ2v) is 5.67. The molecule has 0 bridgehead atoms. The number of nitrogens with zero attached hydrogens (tertiary/aromatic N) is 3. The molecule has 7 heteroatoms. The van der Waals surface area contributed by atoms with E-state index >= 15 is 0 Å². The van der Waals surface area contributed by atoms with Crippen LogP contribution in [0, 0.1) is 28.7 Å². The molecule has 0 unspecified atom stereocenters. The fourth-order valence-electron chi connectivity index (χ4n) is 2.53. The van der Waals surface area contributed by atoms with E-state index in [1.165, 1.54) is 12.1 Å². The Morgan fingerprint density at radius 3 is 2.70 bits per heavy atom. The highest BCUT2D eigenvalue weighted by Crippen LogP contribution is 2.26. The number of hydrogen-bond acceptors (Lipinski definition) is 4. The number of H-pyrrole nitrogens is 1. The Morgan fingerprint density at radius 2 is 2.00 bits per heavy atom. The molecule has 3 aromatic rings. The van der Waals surface area contributed by atoms with Crippen LogP contribution in [-0.4, -0.2) is 19.7 Å². The third kappa shape index (κ3) is 2.78. The molecule has 0 aliphatic carbocycles. The number of nitrogens with one attached hydrogen (secondary N) is 1. The average Bonchev–Trinajstić information content (AvgIpc) is 2.89. The Hall–Kier alpha value is -2.80. The maximum Gasteiger partial charge on any atom is 0.270 e. The van der Waals surface area contributed by atoms with E-state index in [4.69, 9.17) is 12.2 Å². The average molecular weight is 326 g/mol. The predicted molar refractivity (Wildman–Crippen MR) is 90.3 cm³/mol. The van der Waals surface area contributed by atoms with Gasteiger partial charge in [-0.25, -0.2) is 0 Å². The number of rotatable bonds is 3. The van der Waals surface area contributed by atoms with E-state index in [1.54, 1.807) is 16.7 Å². The molecule has 1 aromatic heterocycles. The molecule has 0 aliphatic heterocycles. The number of benzene rings is 2. The number of hydrogen-bond donors (Lipinski definition) is 1. The van der Waals surface area contributed by atoms with Gasteiger partial charge in [0.2, 0.25) is 0 Å². The second kappa shape index (κ2) is 5.77. The van der Waals surface area contributed by atoms with Crippen LogP contribution in [0.15, 0.2) is 42.5 Å². The molecule has 0 spiro atoms. The van der Waals surface area contributed by atoms with Gasteiger partial charge in [0.25, 0.3) is 5.69 Å². The van der Waals surface area contributed by atoms with E-state index in [-0.39, 0.29) is 5.69 Å². The fraction of sp³-hybridized carbons (Fsp3) is 0.125. The van der Waals surface area contributed by atoms with Gasteiger partial charge in [0.05, 0.1) is 10.6 Å². The van der Waals surface area contributed by atoms with E-state index in [2.05, 4.69) is 16.3 Å². The zero-order valence-corrected chi connectivity index (χ0v) is 13.4. The molecule has 2 aromatic carbocycles. The maximum absolute atomic E-state index is 11.0. The molecule has 1 N–H and O–H groups in total. The predicted octanol–water partition coefficient (Wildman–Crippen LogP) is 4.12. The molecule has 0 aliphatic rings. The Bertz CT molecular complexity index is 959. The van der Waals surface area contributed by atoms with Crippen LogP contribution in [0.4, 0.5) is 5.69 Å².